The number of hydrogen-bond acceptors (Lipinski definition) is 5. The maximum Gasteiger partial charge on any atom is 0.251 e. The summed E-state index contributed by atoms with van der Waals surface area (Å²) in [7, 11) is 0. The van der Waals surface area contributed by atoms with Gasteiger partial charge in [0.05, 0.1) is 16.9 Å². The second-order valence-corrected chi connectivity index (χ2v) is 7.23. The molecular formula is C17H22N4O2S. The molecule has 2 aromatic rings. The first-order valence-electron chi connectivity index (χ1n) is 8.27. The van der Waals surface area contributed by atoms with E-state index in [1.807, 2.05) is 17.3 Å². The fourth-order valence-electron chi connectivity index (χ4n) is 3.20. The van der Waals surface area contributed by atoms with Crippen LogP contribution in [0.15, 0.2) is 16.4 Å². The van der Waals surface area contributed by atoms with E-state index in [9.17, 15) is 9.59 Å². The summed E-state index contributed by atoms with van der Waals surface area (Å²) in [6, 6.07) is 1.56. The highest BCUT2D eigenvalue weighted by molar-refractivity contribution is 7.09. The minimum Gasteiger partial charge on any atom is -0.342 e. The largest absolute Gasteiger partial charge is 0.342 e. The number of rotatable bonds is 4. The number of nitrogens with one attached hydrogen (secondary N) is 1. The quantitative estimate of drug-likeness (QED) is 0.920. The highest BCUT2D eigenvalue weighted by atomic mass is 32.1. The number of likely N-dealkylation sites (tertiary alicyclic amines) is 1. The number of aryl methyl sites for hydroxylation is 3. The number of hydrogen-bond donors (Lipinski definition) is 1. The van der Waals surface area contributed by atoms with Crippen LogP contribution in [0.4, 0.5) is 0 Å². The average molecular weight is 346 g/mol. The Balaban J connectivity index is 1.63. The Hall–Kier alpha value is -2.02. The fourth-order valence-corrected chi connectivity index (χ4v) is 3.98. The molecule has 1 amide bonds. The van der Waals surface area contributed by atoms with Crippen LogP contribution in [0.25, 0.3) is 0 Å². The molecule has 24 heavy (non-hydrogen) atoms. The molecule has 0 bridgehead atoms. The van der Waals surface area contributed by atoms with Gasteiger partial charge in [0.2, 0.25) is 5.91 Å². The maximum atomic E-state index is 12.5. The second-order valence-electron chi connectivity index (χ2n) is 6.30. The predicted molar refractivity (Wildman–Crippen MR) is 93.3 cm³/mol. The molecule has 7 heteroatoms. The topological polar surface area (TPSA) is 79.0 Å². The molecule has 0 saturated carbocycles. The van der Waals surface area contributed by atoms with Gasteiger partial charge in [-0.1, -0.05) is 0 Å². The first-order chi connectivity index (χ1) is 11.5. The van der Waals surface area contributed by atoms with Crippen molar-refractivity contribution in [1.29, 1.82) is 0 Å². The van der Waals surface area contributed by atoms with Gasteiger partial charge in [-0.25, -0.2) is 9.97 Å². The Bertz CT molecular complexity index is 783. The van der Waals surface area contributed by atoms with Gasteiger partial charge in [0.25, 0.3) is 5.56 Å². The van der Waals surface area contributed by atoms with E-state index in [0.717, 1.165) is 37.2 Å². The third kappa shape index (κ3) is 3.90. The van der Waals surface area contributed by atoms with E-state index in [0.29, 0.717) is 18.8 Å². The van der Waals surface area contributed by atoms with Crippen LogP contribution >= 0.6 is 11.3 Å². The summed E-state index contributed by atoms with van der Waals surface area (Å²) in [4.78, 5) is 38.6. The van der Waals surface area contributed by atoms with Gasteiger partial charge in [-0.2, -0.15) is 0 Å². The molecule has 1 aliphatic heterocycles. The Morgan fingerprint density at radius 1 is 1.46 bits per heavy atom. The van der Waals surface area contributed by atoms with Crippen molar-refractivity contribution in [3.63, 3.8) is 0 Å². The Morgan fingerprint density at radius 3 is 3.00 bits per heavy atom. The monoisotopic (exact) mass is 346 g/mol. The average Bonchev–Trinajstić information content (AvgIpc) is 2.97. The van der Waals surface area contributed by atoms with Crippen LogP contribution < -0.4 is 5.56 Å². The summed E-state index contributed by atoms with van der Waals surface area (Å²) in [5, 5.41) is 0. The van der Waals surface area contributed by atoms with E-state index < -0.39 is 0 Å². The minimum atomic E-state index is -0.123. The van der Waals surface area contributed by atoms with Crippen molar-refractivity contribution in [2.45, 2.75) is 45.4 Å². The number of aromatic nitrogens is 3. The van der Waals surface area contributed by atoms with E-state index in [1.165, 1.54) is 4.88 Å². The van der Waals surface area contributed by atoms with Gasteiger partial charge in [-0.3, -0.25) is 9.59 Å². The van der Waals surface area contributed by atoms with Crippen LogP contribution in [-0.2, 0) is 11.2 Å². The van der Waals surface area contributed by atoms with Crippen LogP contribution in [0.5, 0.6) is 0 Å². The lowest BCUT2D eigenvalue weighted by Gasteiger charge is -2.32. The molecule has 1 N–H and O–H groups in total. The Morgan fingerprint density at radius 2 is 2.29 bits per heavy atom. The lowest BCUT2D eigenvalue weighted by atomic mass is 9.94. The number of piperidine rings is 1. The van der Waals surface area contributed by atoms with Crippen LogP contribution in [0.2, 0.25) is 0 Å². The van der Waals surface area contributed by atoms with Crippen LogP contribution in [0.3, 0.4) is 0 Å². The molecule has 1 saturated heterocycles. The number of carbonyl (C=O) groups is 1. The van der Waals surface area contributed by atoms with Gasteiger partial charge in [-0.15, -0.1) is 11.3 Å². The van der Waals surface area contributed by atoms with Crippen molar-refractivity contribution in [3.05, 3.63) is 44.0 Å². The summed E-state index contributed by atoms with van der Waals surface area (Å²) in [5.41, 5.74) is 3.52. The lowest BCUT2D eigenvalue weighted by Crippen LogP contribution is -2.39. The highest BCUT2D eigenvalue weighted by Gasteiger charge is 2.26. The summed E-state index contributed by atoms with van der Waals surface area (Å²) in [6.07, 6.45) is 3.17. The minimum absolute atomic E-state index is 0.123. The van der Waals surface area contributed by atoms with E-state index in [2.05, 4.69) is 15.0 Å². The standard InChI is InChI=1S/C17H22N4O2S/c1-11-15(24-10-18-11)5-6-17(23)21-7-3-4-13(9-21)14-8-16(22)20-12(2)19-14/h8,10,13H,3-7,9H2,1-2H3,(H,19,20,22)/t13-/m1/s1. The third-order valence-corrected chi connectivity index (χ3v) is 5.48. The third-order valence-electron chi connectivity index (χ3n) is 4.48. The molecule has 1 aliphatic rings. The summed E-state index contributed by atoms with van der Waals surface area (Å²) < 4.78 is 0. The van der Waals surface area contributed by atoms with E-state index in [1.54, 1.807) is 24.3 Å². The first-order valence-corrected chi connectivity index (χ1v) is 9.15. The molecular weight excluding hydrogens is 324 g/mol. The summed E-state index contributed by atoms with van der Waals surface area (Å²) in [5.74, 6) is 0.949. The Kier molecular flexibility index (Phi) is 5.08. The molecule has 3 rings (SSSR count). The number of aromatic amines is 1. The Labute approximate surface area is 145 Å². The SMILES string of the molecule is Cc1nc([C@@H]2CCCN(C(=O)CCc3scnc3C)C2)cc(=O)[nH]1. The number of amides is 1. The van der Waals surface area contributed by atoms with Crippen LogP contribution in [0.1, 0.15) is 47.3 Å². The van der Waals surface area contributed by atoms with Crippen LogP contribution in [0, 0.1) is 13.8 Å². The molecule has 0 aromatic carbocycles. The zero-order chi connectivity index (χ0) is 17.1. The van der Waals surface area contributed by atoms with Crippen LogP contribution in [-0.4, -0.2) is 38.8 Å². The fraction of sp³-hybridized carbons (Fsp3) is 0.529. The number of H-pyrrole nitrogens is 1. The van der Waals surface area contributed by atoms with Gasteiger partial charge in [0.15, 0.2) is 0 Å². The molecule has 6 nitrogen and oxygen atoms in total. The smallest absolute Gasteiger partial charge is 0.251 e. The molecule has 0 radical (unpaired) electrons. The lowest BCUT2D eigenvalue weighted by molar-refractivity contribution is -0.132. The van der Waals surface area contributed by atoms with Crippen molar-refractivity contribution in [2.75, 3.05) is 13.1 Å². The van der Waals surface area contributed by atoms with Crippen molar-refractivity contribution >= 4 is 17.2 Å². The van der Waals surface area contributed by atoms with Crippen molar-refractivity contribution in [3.8, 4) is 0 Å². The maximum absolute atomic E-state index is 12.5. The van der Waals surface area contributed by atoms with E-state index in [4.69, 9.17) is 0 Å². The molecule has 0 unspecified atom stereocenters. The van der Waals surface area contributed by atoms with E-state index in [-0.39, 0.29) is 17.4 Å². The summed E-state index contributed by atoms with van der Waals surface area (Å²) >= 11 is 1.61. The van der Waals surface area contributed by atoms with Gasteiger partial charge in [0.1, 0.15) is 5.82 Å². The molecule has 2 aromatic heterocycles. The summed E-state index contributed by atoms with van der Waals surface area (Å²) in [6.45, 7) is 5.21. The highest BCUT2D eigenvalue weighted by Crippen LogP contribution is 2.25. The van der Waals surface area contributed by atoms with Gasteiger partial charge in [-0.05, 0) is 33.1 Å². The van der Waals surface area contributed by atoms with Crippen molar-refractivity contribution in [1.82, 2.24) is 19.9 Å². The van der Waals surface area contributed by atoms with Crippen molar-refractivity contribution in [2.24, 2.45) is 0 Å². The first kappa shape index (κ1) is 16.8. The zero-order valence-electron chi connectivity index (χ0n) is 14.0. The molecule has 0 spiro atoms. The van der Waals surface area contributed by atoms with E-state index >= 15 is 0 Å². The van der Waals surface area contributed by atoms with Gasteiger partial charge in [0, 0.05) is 36.4 Å². The number of thiazole rings is 1. The molecule has 128 valence electrons. The van der Waals surface area contributed by atoms with Crippen molar-refractivity contribution < 1.29 is 4.79 Å². The second kappa shape index (κ2) is 7.25. The number of nitrogens with zero attached hydrogens (tertiary/aromatic N) is 3. The molecule has 1 fully saturated rings. The molecule has 0 aliphatic carbocycles. The number of carbonyl (C=O) groups excluding carboxylic acids is 1. The van der Waals surface area contributed by atoms with Gasteiger partial charge < -0.3 is 9.88 Å². The zero-order valence-corrected chi connectivity index (χ0v) is 14.9. The molecule has 3 heterocycles. The molecule has 1 atom stereocenters. The normalized spacial score (nSPS) is 17.9. The van der Waals surface area contributed by atoms with Gasteiger partial charge >= 0.3 is 0 Å². The predicted octanol–water partition coefficient (Wildman–Crippen LogP) is 2.18.